The van der Waals surface area contributed by atoms with Gasteiger partial charge in [-0.05, 0) is 56.3 Å². The zero-order valence-corrected chi connectivity index (χ0v) is 10.6. The van der Waals surface area contributed by atoms with E-state index in [9.17, 15) is 5.11 Å². The van der Waals surface area contributed by atoms with Gasteiger partial charge in [-0.25, -0.2) is 0 Å². The highest BCUT2D eigenvalue weighted by Gasteiger charge is 2.48. The largest absolute Gasteiger partial charge is 0.390 e. The lowest BCUT2D eigenvalue weighted by atomic mass is 9.53. The first kappa shape index (κ1) is 11.4. The van der Waals surface area contributed by atoms with Crippen molar-refractivity contribution in [3.63, 3.8) is 0 Å². The lowest BCUT2D eigenvalue weighted by Crippen LogP contribution is -2.48. The van der Waals surface area contributed by atoms with E-state index < -0.39 is 0 Å². The summed E-state index contributed by atoms with van der Waals surface area (Å²) in [7, 11) is 0. The standard InChI is InChI=1S/C14H26O/c1-4-11-6-5-7-12-10-13(2,15)8-9-14(11,12)3/h11-12,15H,4-10H2,1-3H3. The maximum atomic E-state index is 10.2. The second kappa shape index (κ2) is 3.76. The highest BCUT2D eigenvalue weighted by atomic mass is 16.3. The second-order valence-electron chi connectivity index (χ2n) is 6.44. The van der Waals surface area contributed by atoms with Crippen LogP contribution in [0.5, 0.6) is 0 Å². The highest BCUT2D eigenvalue weighted by molar-refractivity contribution is 4.99. The molecular formula is C14H26O. The van der Waals surface area contributed by atoms with Crippen LogP contribution >= 0.6 is 0 Å². The van der Waals surface area contributed by atoms with Gasteiger partial charge in [0.25, 0.3) is 0 Å². The van der Waals surface area contributed by atoms with Crippen LogP contribution in [-0.2, 0) is 0 Å². The Hall–Kier alpha value is -0.0400. The molecule has 2 rings (SSSR count). The van der Waals surface area contributed by atoms with Crippen LogP contribution in [0.2, 0.25) is 0 Å². The Morgan fingerprint density at radius 2 is 1.93 bits per heavy atom. The van der Waals surface area contributed by atoms with Crippen molar-refractivity contribution in [2.75, 3.05) is 0 Å². The summed E-state index contributed by atoms with van der Waals surface area (Å²) in [6, 6.07) is 0. The van der Waals surface area contributed by atoms with Crippen LogP contribution in [0.1, 0.15) is 65.7 Å². The molecule has 1 heteroatoms. The maximum Gasteiger partial charge on any atom is 0.0622 e. The Bertz CT molecular complexity index is 233. The summed E-state index contributed by atoms with van der Waals surface area (Å²) < 4.78 is 0. The molecule has 15 heavy (non-hydrogen) atoms. The number of fused-ring (bicyclic) bond motifs is 1. The van der Waals surface area contributed by atoms with Gasteiger partial charge in [0.05, 0.1) is 5.60 Å². The van der Waals surface area contributed by atoms with Crippen LogP contribution in [0.3, 0.4) is 0 Å². The minimum absolute atomic E-state index is 0.375. The third kappa shape index (κ3) is 1.95. The van der Waals surface area contributed by atoms with Gasteiger partial charge in [0.15, 0.2) is 0 Å². The van der Waals surface area contributed by atoms with Crippen molar-refractivity contribution in [1.29, 1.82) is 0 Å². The third-order valence-corrected chi connectivity index (χ3v) is 5.35. The Morgan fingerprint density at radius 1 is 1.20 bits per heavy atom. The van der Waals surface area contributed by atoms with E-state index in [-0.39, 0.29) is 5.60 Å². The summed E-state index contributed by atoms with van der Waals surface area (Å²) in [5.74, 6) is 1.69. The lowest BCUT2D eigenvalue weighted by Gasteiger charge is -2.54. The lowest BCUT2D eigenvalue weighted by molar-refractivity contribution is -0.0925. The molecule has 0 aromatic rings. The summed E-state index contributed by atoms with van der Waals surface area (Å²) in [4.78, 5) is 0. The Balaban J connectivity index is 2.16. The van der Waals surface area contributed by atoms with E-state index in [0.29, 0.717) is 5.41 Å². The minimum Gasteiger partial charge on any atom is -0.390 e. The van der Waals surface area contributed by atoms with Crippen molar-refractivity contribution >= 4 is 0 Å². The number of hydrogen-bond acceptors (Lipinski definition) is 1. The SMILES string of the molecule is CCC1CCCC2CC(C)(O)CCC12C. The number of rotatable bonds is 1. The van der Waals surface area contributed by atoms with Gasteiger partial charge < -0.3 is 5.11 Å². The van der Waals surface area contributed by atoms with E-state index in [1.54, 1.807) is 0 Å². The first-order valence-corrected chi connectivity index (χ1v) is 6.70. The Kier molecular flexibility index (Phi) is 2.87. The zero-order valence-electron chi connectivity index (χ0n) is 10.6. The Labute approximate surface area is 94.3 Å². The average molecular weight is 210 g/mol. The molecule has 88 valence electrons. The van der Waals surface area contributed by atoms with E-state index in [0.717, 1.165) is 24.7 Å². The molecule has 4 atom stereocenters. The van der Waals surface area contributed by atoms with Crippen LogP contribution in [0.15, 0.2) is 0 Å². The molecule has 0 aromatic carbocycles. The summed E-state index contributed by atoms with van der Waals surface area (Å²) in [5.41, 5.74) is 0.162. The van der Waals surface area contributed by atoms with Gasteiger partial charge in [0.1, 0.15) is 0 Å². The molecule has 0 heterocycles. The van der Waals surface area contributed by atoms with E-state index in [1.807, 2.05) is 6.92 Å². The molecule has 4 unspecified atom stereocenters. The molecule has 0 aromatic heterocycles. The van der Waals surface area contributed by atoms with Crippen molar-refractivity contribution < 1.29 is 5.11 Å². The molecule has 0 bridgehead atoms. The molecule has 1 N–H and O–H groups in total. The number of aliphatic hydroxyl groups is 1. The fourth-order valence-corrected chi connectivity index (χ4v) is 4.19. The van der Waals surface area contributed by atoms with E-state index in [1.165, 1.54) is 32.1 Å². The monoisotopic (exact) mass is 210 g/mol. The van der Waals surface area contributed by atoms with Crippen molar-refractivity contribution in [3.8, 4) is 0 Å². The van der Waals surface area contributed by atoms with Crippen LogP contribution < -0.4 is 0 Å². The summed E-state index contributed by atoms with van der Waals surface area (Å²) in [6.45, 7) is 6.85. The minimum atomic E-state index is -0.375. The van der Waals surface area contributed by atoms with Gasteiger partial charge in [-0.2, -0.15) is 0 Å². The molecule has 0 aliphatic heterocycles. The fourth-order valence-electron chi connectivity index (χ4n) is 4.19. The van der Waals surface area contributed by atoms with Gasteiger partial charge in [-0.1, -0.05) is 26.7 Å². The molecule has 0 saturated heterocycles. The van der Waals surface area contributed by atoms with E-state index >= 15 is 0 Å². The molecule has 2 aliphatic rings. The first-order chi connectivity index (χ1) is 6.98. The van der Waals surface area contributed by atoms with Crippen molar-refractivity contribution in [1.82, 2.24) is 0 Å². The molecule has 0 amide bonds. The molecule has 2 fully saturated rings. The van der Waals surface area contributed by atoms with Gasteiger partial charge in [-0.3, -0.25) is 0 Å². The van der Waals surface area contributed by atoms with Crippen LogP contribution in [-0.4, -0.2) is 10.7 Å². The molecular weight excluding hydrogens is 184 g/mol. The van der Waals surface area contributed by atoms with Gasteiger partial charge in [0.2, 0.25) is 0 Å². The molecule has 2 saturated carbocycles. The van der Waals surface area contributed by atoms with Crippen LogP contribution in [0.4, 0.5) is 0 Å². The highest BCUT2D eigenvalue weighted by Crippen LogP contribution is 2.56. The maximum absolute atomic E-state index is 10.2. The van der Waals surface area contributed by atoms with Gasteiger partial charge in [0, 0.05) is 0 Å². The fraction of sp³-hybridized carbons (Fsp3) is 1.00. The molecule has 0 radical (unpaired) electrons. The van der Waals surface area contributed by atoms with Crippen molar-refractivity contribution in [2.24, 2.45) is 17.3 Å². The quantitative estimate of drug-likeness (QED) is 0.699. The summed E-state index contributed by atoms with van der Waals surface area (Å²) in [6.07, 6.45) is 8.78. The Morgan fingerprint density at radius 3 is 2.60 bits per heavy atom. The average Bonchev–Trinajstić information content (AvgIpc) is 2.18. The smallest absolute Gasteiger partial charge is 0.0622 e. The summed E-state index contributed by atoms with van der Waals surface area (Å²) in [5, 5.41) is 10.2. The van der Waals surface area contributed by atoms with Gasteiger partial charge >= 0.3 is 0 Å². The second-order valence-corrected chi connectivity index (χ2v) is 6.44. The summed E-state index contributed by atoms with van der Waals surface area (Å²) >= 11 is 0. The zero-order chi connectivity index (χ0) is 11.1. The molecule has 0 spiro atoms. The molecule has 1 nitrogen and oxygen atoms in total. The number of hydrogen-bond donors (Lipinski definition) is 1. The van der Waals surface area contributed by atoms with Crippen molar-refractivity contribution in [2.45, 2.75) is 71.3 Å². The third-order valence-electron chi connectivity index (χ3n) is 5.35. The van der Waals surface area contributed by atoms with Crippen LogP contribution in [0, 0.1) is 17.3 Å². The van der Waals surface area contributed by atoms with Crippen molar-refractivity contribution in [3.05, 3.63) is 0 Å². The molecule has 2 aliphatic carbocycles. The predicted molar refractivity (Wildman–Crippen MR) is 63.7 cm³/mol. The van der Waals surface area contributed by atoms with Gasteiger partial charge in [-0.15, -0.1) is 0 Å². The first-order valence-electron chi connectivity index (χ1n) is 6.70. The van der Waals surface area contributed by atoms with E-state index in [4.69, 9.17) is 0 Å². The topological polar surface area (TPSA) is 20.2 Å². The predicted octanol–water partition coefficient (Wildman–Crippen LogP) is 3.75. The van der Waals surface area contributed by atoms with E-state index in [2.05, 4.69) is 13.8 Å². The van der Waals surface area contributed by atoms with Crippen LogP contribution in [0.25, 0.3) is 0 Å². The normalized spacial score (nSPS) is 51.2.